The highest BCUT2D eigenvalue weighted by Crippen LogP contribution is 2.28. The maximum Gasteiger partial charge on any atom is 0.356 e. The van der Waals surface area contributed by atoms with Crippen LogP contribution < -0.4 is 4.74 Å². The van der Waals surface area contributed by atoms with E-state index in [9.17, 15) is 4.79 Å². The first-order valence-corrected chi connectivity index (χ1v) is 6.18. The fourth-order valence-corrected chi connectivity index (χ4v) is 2.37. The highest BCUT2D eigenvalue weighted by Gasteiger charge is 2.23. The lowest BCUT2D eigenvalue weighted by atomic mass is 10.1. The van der Waals surface area contributed by atoms with Gasteiger partial charge in [-0.25, -0.2) is 9.78 Å². The van der Waals surface area contributed by atoms with Gasteiger partial charge in [0, 0.05) is 5.56 Å². The van der Waals surface area contributed by atoms with Crippen LogP contribution >= 0.6 is 11.6 Å². The number of carbonyl (C=O) groups is 1. The van der Waals surface area contributed by atoms with E-state index in [0.717, 1.165) is 5.69 Å². The van der Waals surface area contributed by atoms with Gasteiger partial charge in [0.1, 0.15) is 17.2 Å². The zero-order chi connectivity index (χ0) is 14.3. The van der Waals surface area contributed by atoms with Crippen molar-refractivity contribution in [3.63, 3.8) is 0 Å². The molecule has 0 atom stereocenters. The Bertz CT molecular complexity index is 736. The molecule has 1 aliphatic heterocycles. The third-order valence-corrected chi connectivity index (χ3v) is 3.45. The number of carboxylic acid groups (broad SMARTS) is 1. The number of halogens is 1. The summed E-state index contributed by atoms with van der Waals surface area (Å²) in [6.07, 6.45) is 1.47. The van der Waals surface area contributed by atoms with Gasteiger partial charge in [0.25, 0.3) is 0 Å². The van der Waals surface area contributed by atoms with Crippen molar-refractivity contribution in [1.82, 2.24) is 9.55 Å². The van der Waals surface area contributed by atoms with Crippen LogP contribution in [0.25, 0.3) is 5.69 Å². The molecular weight excluding hydrogens is 282 g/mol. The molecule has 2 aromatic rings. The van der Waals surface area contributed by atoms with Crippen LogP contribution in [0.15, 0.2) is 29.5 Å². The first-order chi connectivity index (χ1) is 9.61. The minimum Gasteiger partial charge on any atom is -0.497 e. The number of aliphatic imine (C=N–C) groups is 1. The highest BCUT2D eigenvalue weighted by molar-refractivity contribution is 6.70. The van der Waals surface area contributed by atoms with Gasteiger partial charge >= 0.3 is 5.97 Å². The summed E-state index contributed by atoms with van der Waals surface area (Å²) in [5.74, 6) is -0.429. The number of rotatable bonds is 2. The molecule has 2 heterocycles. The van der Waals surface area contributed by atoms with E-state index in [-0.39, 0.29) is 12.2 Å². The molecule has 0 saturated heterocycles. The van der Waals surface area contributed by atoms with E-state index in [1.807, 2.05) is 0 Å². The van der Waals surface area contributed by atoms with Crippen molar-refractivity contribution in [3.05, 3.63) is 41.5 Å². The molecule has 0 saturated carbocycles. The Balaban J connectivity index is 2.26. The summed E-state index contributed by atoms with van der Waals surface area (Å²) < 4.78 is 6.86. The van der Waals surface area contributed by atoms with Crippen LogP contribution in [0.3, 0.4) is 0 Å². The lowest BCUT2D eigenvalue weighted by Gasteiger charge is -2.10. The van der Waals surface area contributed by atoms with E-state index >= 15 is 0 Å². The van der Waals surface area contributed by atoms with Crippen LogP contribution in [0.4, 0.5) is 0 Å². The molecular formula is C13H10ClN3O3. The largest absolute Gasteiger partial charge is 0.497 e. The standard InChI is InChI=1S/C13H10ClN3O3/c1-20-7-2-3-9-8(4-7)12(14)15-5-10-11(13(18)19)16-6-17(9)10/h2-4,6H,5H2,1H3,(H,18,19). The molecule has 0 aliphatic carbocycles. The minimum absolute atomic E-state index is 0.0121. The fraction of sp³-hybridized carbons (Fsp3) is 0.154. The molecule has 0 radical (unpaired) electrons. The number of aromatic nitrogens is 2. The SMILES string of the molecule is COc1ccc2c(c1)C(Cl)=NCc1c(C(=O)O)ncn1-2. The second-order valence-corrected chi connectivity index (χ2v) is 4.56. The maximum absolute atomic E-state index is 11.2. The quantitative estimate of drug-likeness (QED) is 0.919. The average Bonchev–Trinajstić information content (AvgIpc) is 2.82. The van der Waals surface area contributed by atoms with Crippen LogP contribution in [0.2, 0.25) is 0 Å². The monoisotopic (exact) mass is 291 g/mol. The molecule has 0 unspecified atom stereocenters. The van der Waals surface area contributed by atoms with E-state index < -0.39 is 5.97 Å². The number of carboxylic acids is 1. The van der Waals surface area contributed by atoms with Gasteiger partial charge in [-0.3, -0.25) is 9.56 Å². The zero-order valence-electron chi connectivity index (χ0n) is 10.5. The minimum atomic E-state index is -1.08. The Morgan fingerprint density at radius 2 is 2.30 bits per heavy atom. The van der Waals surface area contributed by atoms with Gasteiger partial charge in [0.2, 0.25) is 0 Å². The number of benzene rings is 1. The summed E-state index contributed by atoms with van der Waals surface area (Å²) in [5, 5.41) is 9.46. The van der Waals surface area contributed by atoms with Crippen molar-refractivity contribution in [2.45, 2.75) is 6.54 Å². The Labute approximate surface area is 119 Å². The summed E-state index contributed by atoms with van der Waals surface area (Å²) in [4.78, 5) is 19.3. The van der Waals surface area contributed by atoms with Crippen molar-refractivity contribution < 1.29 is 14.6 Å². The molecule has 0 amide bonds. The van der Waals surface area contributed by atoms with Gasteiger partial charge in [0.15, 0.2) is 5.69 Å². The molecule has 0 bridgehead atoms. The number of nitrogens with zero attached hydrogens (tertiary/aromatic N) is 3. The molecule has 1 N–H and O–H groups in total. The third-order valence-electron chi connectivity index (χ3n) is 3.12. The van der Waals surface area contributed by atoms with Crippen LogP contribution in [-0.2, 0) is 6.54 Å². The van der Waals surface area contributed by atoms with Crippen molar-refractivity contribution in [2.75, 3.05) is 7.11 Å². The van der Waals surface area contributed by atoms with Gasteiger partial charge in [-0.05, 0) is 18.2 Å². The number of aromatic carboxylic acids is 1. The summed E-state index contributed by atoms with van der Waals surface area (Å²) >= 11 is 6.17. The maximum atomic E-state index is 11.2. The molecule has 1 aliphatic rings. The Kier molecular flexibility index (Phi) is 2.94. The number of ether oxygens (including phenoxy) is 1. The van der Waals surface area contributed by atoms with Crippen molar-refractivity contribution in [3.8, 4) is 11.4 Å². The molecule has 1 aromatic heterocycles. The molecule has 1 aromatic carbocycles. The number of hydrogen-bond acceptors (Lipinski definition) is 4. The lowest BCUT2D eigenvalue weighted by Crippen LogP contribution is -2.05. The van der Waals surface area contributed by atoms with Gasteiger partial charge < -0.3 is 9.84 Å². The van der Waals surface area contributed by atoms with Crippen molar-refractivity contribution >= 4 is 22.7 Å². The average molecular weight is 292 g/mol. The van der Waals surface area contributed by atoms with Crippen molar-refractivity contribution in [2.24, 2.45) is 4.99 Å². The molecule has 0 spiro atoms. The summed E-state index contributed by atoms with van der Waals surface area (Å²) in [6, 6.07) is 5.34. The van der Waals surface area contributed by atoms with Crippen molar-refractivity contribution in [1.29, 1.82) is 0 Å². The van der Waals surface area contributed by atoms with Gasteiger partial charge in [-0.15, -0.1) is 0 Å². The molecule has 0 fully saturated rings. The zero-order valence-corrected chi connectivity index (χ0v) is 11.3. The van der Waals surface area contributed by atoms with E-state index in [0.29, 0.717) is 22.2 Å². The van der Waals surface area contributed by atoms with Crippen LogP contribution in [0, 0.1) is 0 Å². The normalized spacial score (nSPS) is 13.0. The lowest BCUT2D eigenvalue weighted by molar-refractivity contribution is 0.0689. The predicted octanol–water partition coefficient (Wildman–Crippen LogP) is 2.08. The van der Waals surface area contributed by atoms with E-state index in [1.54, 1.807) is 29.9 Å². The Morgan fingerprint density at radius 3 is 3.00 bits per heavy atom. The second-order valence-electron chi connectivity index (χ2n) is 4.21. The smallest absolute Gasteiger partial charge is 0.356 e. The number of imidazole rings is 1. The topological polar surface area (TPSA) is 76.7 Å². The highest BCUT2D eigenvalue weighted by atomic mass is 35.5. The van der Waals surface area contributed by atoms with Gasteiger partial charge in [-0.2, -0.15) is 0 Å². The first kappa shape index (κ1) is 12.7. The van der Waals surface area contributed by atoms with E-state index in [2.05, 4.69) is 9.98 Å². The summed E-state index contributed by atoms with van der Waals surface area (Å²) in [7, 11) is 1.56. The summed E-state index contributed by atoms with van der Waals surface area (Å²) in [5.41, 5.74) is 1.90. The van der Waals surface area contributed by atoms with Gasteiger partial charge in [0.05, 0.1) is 25.0 Å². The van der Waals surface area contributed by atoms with Crippen LogP contribution in [0.1, 0.15) is 21.7 Å². The fourth-order valence-electron chi connectivity index (χ4n) is 2.16. The van der Waals surface area contributed by atoms with Crippen LogP contribution in [-0.4, -0.2) is 32.9 Å². The number of hydrogen-bond donors (Lipinski definition) is 1. The Morgan fingerprint density at radius 1 is 1.50 bits per heavy atom. The van der Waals surface area contributed by atoms with E-state index in [4.69, 9.17) is 21.4 Å². The number of methoxy groups -OCH3 is 1. The third kappa shape index (κ3) is 1.85. The molecule has 7 heteroatoms. The van der Waals surface area contributed by atoms with Gasteiger partial charge in [-0.1, -0.05) is 11.6 Å². The predicted molar refractivity (Wildman–Crippen MR) is 73.2 cm³/mol. The van der Waals surface area contributed by atoms with Crippen LogP contribution in [0.5, 0.6) is 5.75 Å². The first-order valence-electron chi connectivity index (χ1n) is 5.80. The number of fused-ring (bicyclic) bond motifs is 3. The second kappa shape index (κ2) is 4.64. The molecule has 102 valence electrons. The molecule has 20 heavy (non-hydrogen) atoms. The summed E-state index contributed by atoms with van der Waals surface area (Å²) in [6.45, 7) is 0.164. The molecule has 3 rings (SSSR count). The molecule has 6 nitrogen and oxygen atoms in total. The van der Waals surface area contributed by atoms with E-state index in [1.165, 1.54) is 6.33 Å². The Hall–Kier alpha value is -2.34.